The Hall–Kier alpha value is -2.12. The van der Waals surface area contributed by atoms with Crippen molar-refractivity contribution in [1.29, 1.82) is 0 Å². The molecule has 0 spiro atoms. The first-order valence-electron chi connectivity index (χ1n) is 6.32. The number of anilines is 1. The summed E-state index contributed by atoms with van der Waals surface area (Å²) in [4.78, 5) is 4.12. The number of benzene rings is 1. The standard InChI is InChI=1S/C14H17N3O3S/c1-15-14-8-7-12(10-16-14)21(18,19)17-9-11-5-3-4-6-13(11)20-2/h3-8,10,17H,9H2,1-2H3,(H,15,16). The second-order valence-electron chi connectivity index (χ2n) is 4.27. The van der Waals surface area contributed by atoms with Crippen LogP contribution in [0.15, 0.2) is 47.5 Å². The molecule has 2 aromatic rings. The van der Waals surface area contributed by atoms with E-state index in [2.05, 4.69) is 15.0 Å². The van der Waals surface area contributed by atoms with Crippen molar-refractivity contribution in [2.45, 2.75) is 11.4 Å². The van der Waals surface area contributed by atoms with Crippen molar-refractivity contribution in [3.63, 3.8) is 0 Å². The van der Waals surface area contributed by atoms with Gasteiger partial charge in [-0.1, -0.05) is 18.2 Å². The lowest BCUT2D eigenvalue weighted by molar-refractivity contribution is 0.409. The zero-order valence-electron chi connectivity index (χ0n) is 11.8. The Bertz CT molecular complexity index is 700. The molecule has 0 saturated carbocycles. The number of rotatable bonds is 6. The lowest BCUT2D eigenvalue weighted by Gasteiger charge is -2.10. The summed E-state index contributed by atoms with van der Waals surface area (Å²) < 4.78 is 32.1. The van der Waals surface area contributed by atoms with Crippen molar-refractivity contribution < 1.29 is 13.2 Å². The van der Waals surface area contributed by atoms with Gasteiger partial charge in [0.25, 0.3) is 0 Å². The van der Waals surface area contributed by atoms with Gasteiger partial charge in [0, 0.05) is 25.4 Å². The Kier molecular flexibility index (Phi) is 4.77. The summed E-state index contributed by atoms with van der Waals surface area (Å²) in [5.41, 5.74) is 0.767. The van der Waals surface area contributed by atoms with Crippen molar-refractivity contribution in [2.24, 2.45) is 0 Å². The largest absolute Gasteiger partial charge is 0.496 e. The molecule has 0 atom stereocenters. The molecule has 0 fully saturated rings. The van der Waals surface area contributed by atoms with E-state index in [0.29, 0.717) is 11.6 Å². The van der Waals surface area contributed by atoms with Crippen LogP contribution in [0.4, 0.5) is 5.82 Å². The Labute approximate surface area is 124 Å². The van der Waals surface area contributed by atoms with Crippen LogP contribution in [0.3, 0.4) is 0 Å². The van der Waals surface area contributed by atoms with Crippen molar-refractivity contribution in [1.82, 2.24) is 9.71 Å². The highest BCUT2D eigenvalue weighted by molar-refractivity contribution is 7.89. The lowest BCUT2D eigenvalue weighted by atomic mass is 10.2. The van der Waals surface area contributed by atoms with E-state index < -0.39 is 10.0 Å². The van der Waals surface area contributed by atoms with Crippen LogP contribution in [-0.4, -0.2) is 27.6 Å². The van der Waals surface area contributed by atoms with Crippen LogP contribution >= 0.6 is 0 Å². The minimum atomic E-state index is -3.60. The van der Waals surface area contributed by atoms with Gasteiger partial charge < -0.3 is 10.1 Å². The normalized spacial score (nSPS) is 11.1. The number of nitrogens with one attached hydrogen (secondary N) is 2. The summed E-state index contributed by atoms with van der Waals surface area (Å²) in [6.07, 6.45) is 1.32. The van der Waals surface area contributed by atoms with E-state index in [4.69, 9.17) is 4.74 Å². The quantitative estimate of drug-likeness (QED) is 0.847. The number of nitrogens with zero attached hydrogens (tertiary/aromatic N) is 1. The lowest BCUT2D eigenvalue weighted by Crippen LogP contribution is -2.23. The van der Waals surface area contributed by atoms with Crippen LogP contribution in [0.5, 0.6) is 5.75 Å². The molecule has 0 radical (unpaired) electrons. The van der Waals surface area contributed by atoms with Gasteiger partial charge in [0.15, 0.2) is 0 Å². The third-order valence-electron chi connectivity index (χ3n) is 2.95. The van der Waals surface area contributed by atoms with E-state index in [1.807, 2.05) is 18.2 Å². The Morgan fingerprint density at radius 3 is 2.57 bits per heavy atom. The molecule has 0 bridgehead atoms. The van der Waals surface area contributed by atoms with E-state index in [-0.39, 0.29) is 11.4 Å². The third-order valence-corrected chi connectivity index (χ3v) is 4.33. The van der Waals surface area contributed by atoms with E-state index in [1.54, 1.807) is 26.3 Å². The summed E-state index contributed by atoms with van der Waals surface area (Å²) >= 11 is 0. The molecule has 1 aromatic heterocycles. The first kappa shape index (κ1) is 15.3. The average Bonchev–Trinajstić information content (AvgIpc) is 2.53. The van der Waals surface area contributed by atoms with Crippen LogP contribution < -0.4 is 14.8 Å². The molecule has 21 heavy (non-hydrogen) atoms. The number of para-hydroxylation sites is 1. The number of ether oxygens (including phenoxy) is 1. The van der Waals surface area contributed by atoms with E-state index >= 15 is 0 Å². The first-order valence-corrected chi connectivity index (χ1v) is 7.80. The molecule has 1 aromatic carbocycles. The zero-order chi connectivity index (χ0) is 15.3. The monoisotopic (exact) mass is 307 g/mol. The predicted octanol–water partition coefficient (Wildman–Crippen LogP) is 1.61. The van der Waals surface area contributed by atoms with Crippen molar-refractivity contribution in [3.8, 4) is 5.75 Å². The molecular formula is C14H17N3O3S. The van der Waals surface area contributed by atoms with Crippen LogP contribution in [-0.2, 0) is 16.6 Å². The van der Waals surface area contributed by atoms with Gasteiger partial charge in [-0.15, -0.1) is 0 Å². The summed E-state index contributed by atoms with van der Waals surface area (Å²) in [6, 6.07) is 10.4. The maximum absolute atomic E-state index is 12.2. The maximum atomic E-state index is 12.2. The molecule has 2 rings (SSSR count). The molecule has 0 unspecified atom stereocenters. The fourth-order valence-electron chi connectivity index (χ4n) is 1.79. The Morgan fingerprint density at radius 2 is 1.95 bits per heavy atom. The number of methoxy groups -OCH3 is 1. The predicted molar refractivity (Wildman–Crippen MR) is 80.8 cm³/mol. The van der Waals surface area contributed by atoms with Crippen molar-refractivity contribution in [3.05, 3.63) is 48.2 Å². The van der Waals surface area contributed by atoms with Gasteiger partial charge in [0.1, 0.15) is 16.5 Å². The fourth-order valence-corrected chi connectivity index (χ4v) is 2.74. The second-order valence-corrected chi connectivity index (χ2v) is 6.03. The fraction of sp³-hybridized carbons (Fsp3) is 0.214. The van der Waals surface area contributed by atoms with Crippen LogP contribution in [0.2, 0.25) is 0 Å². The van der Waals surface area contributed by atoms with Gasteiger partial charge in [0.05, 0.1) is 7.11 Å². The Balaban J connectivity index is 2.13. The highest BCUT2D eigenvalue weighted by atomic mass is 32.2. The van der Waals surface area contributed by atoms with Crippen molar-refractivity contribution in [2.75, 3.05) is 19.5 Å². The molecular weight excluding hydrogens is 290 g/mol. The van der Waals surface area contributed by atoms with E-state index in [9.17, 15) is 8.42 Å². The number of hydrogen-bond donors (Lipinski definition) is 2. The molecule has 7 heteroatoms. The van der Waals surface area contributed by atoms with Gasteiger partial charge in [0.2, 0.25) is 10.0 Å². The number of pyridine rings is 1. The smallest absolute Gasteiger partial charge is 0.242 e. The summed E-state index contributed by atoms with van der Waals surface area (Å²) in [5, 5.41) is 2.84. The molecule has 0 amide bonds. The second kappa shape index (κ2) is 6.55. The topological polar surface area (TPSA) is 80.3 Å². The average molecular weight is 307 g/mol. The van der Waals surface area contributed by atoms with Gasteiger partial charge in [-0.3, -0.25) is 0 Å². The van der Waals surface area contributed by atoms with Crippen LogP contribution in [0.25, 0.3) is 0 Å². The summed E-state index contributed by atoms with van der Waals surface area (Å²) in [6.45, 7) is 0.153. The maximum Gasteiger partial charge on any atom is 0.242 e. The van der Waals surface area contributed by atoms with Gasteiger partial charge in [-0.25, -0.2) is 18.1 Å². The highest BCUT2D eigenvalue weighted by Gasteiger charge is 2.15. The minimum absolute atomic E-state index is 0.122. The third kappa shape index (κ3) is 3.71. The highest BCUT2D eigenvalue weighted by Crippen LogP contribution is 2.18. The molecule has 1 heterocycles. The molecule has 0 aliphatic carbocycles. The van der Waals surface area contributed by atoms with E-state index in [1.165, 1.54) is 12.3 Å². The molecule has 0 aliphatic rings. The minimum Gasteiger partial charge on any atom is -0.496 e. The first-order chi connectivity index (χ1) is 10.1. The SMILES string of the molecule is CNc1ccc(S(=O)(=O)NCc2ccccc2OC)cn1. The molecule has 112 valence electrons. The summed E-state index contributed by atoms with van der Waals surface area (Å²) in [5.74, 6) is 1.25. The number of sulfonamides is 1. The van der Waals surface area contributed by atoms with Gasteiger partial charge in [-0.05, 0) is 18.2 Å². The molecule has 6 nitrogen and oxygen atoms in total. The number of aromatic nitrogens is 1. The molecule has 0 aliphatic heterocycles. The zero-order valence-corrected chi connectivity index (χ0v) is 12.6. The summed E-state index contributed by atoms with van der Waals surface area (Å²) in [7, 11) is -0.336. The van der Waals surface area contributed by atoms with Gasteiger partial charge in [-0.2, -0.15) is 0 Å². The van der Waals surface area contributed by atoms with Crippen LogP contribution in [0, 0.1) is 0 Å². The van der Waals surface area contributed by atoms with Crippen LogP contribution in [0.1, 0.15) is 5.56 Å². The molecule has 0 saturated heterocycles. The van der Waals surface area contributed by atoms with E-state index in [0.717, 1.165) is 5.56 Å². The molecule has 2 N–H and O–H groups in total. The van der Waals surface area contributed by atoms with Gasteiger partial charge >= 0.3 is 0 Å². The number of hydrogen-bond acceptors (Lipinski definition) is 5. The Morgan fingerprint density at radius 1 is 1.19 bits per heavy atom. The van der Waals surface area contributed by atoms with Crippen molar-refractivity contribution >= 4 is 15.8 Å².